The molecule has 0 spiro atoms. The first-order valence-corrected chi connectivity index (χ1v) is 7.86. The monoisotopic (exact) mass is 312 g/mol. The van der Waals surface area contributed by atoms with Gasteiger partial charge in [-0.25, -0.2) is 9.98 Å². The average Bonchev–Trinajstić information content (AvgIpc) is 2.82. The van der Waals surface area contributed by atoms with Crippen molar-refractivity contribution < 1.29 is 4.74 Å². The van der Waals surface area contributed by atoms with Gasteiger partial charge in [-0.05, 0) is 48.9 Å². The topological polar surface area (TPSA) is 34.0 Å². The van der Waals surface area contributed by atoms with Gasteiger partial charge >= 0.3 is 0 Å². The lowest BCUT2D eigenvalue weighted by Crippen LogP contribution is -2.13. The predicted molar refractivity (Wildman–Crippen MR) is 97.5 cm³/mol. The summed E-state index contributed by atoms with van der Waals surface area (Å²) in [4.78, 5) is 9.43. The fourth-order valence-electron chi connectivity index (χ4n) is 2.58. The maximum atomic E-state index is 6.11. The van der Waals surface area contributed by atoms with Crippen molar-refractivity contribution in [2.75, 3.05) is 0 Å². The number of ether oxygens (including phenoxy) is 1. The maximum Gasteiger partial charge on any atom is 0.229 e. The van der Waals surface area contributed by atoms with E-state index in [2.05, 4.69) is 0 Å². The number of nitrogens with zero attached hydrogens (tertiary/aromatic N) is 2. The van der Waals surface area contributed by atoms with Crippen LogP contribution in [0.4, 0.5) is 11.4 Å². The Morgan fingerprint density at radius 2 is 1.17 bits per heavy atom. The van der Waals surface area contributed by atoms with Crippen LogP contribution in [0.2, 0.25) is 0 Å². The molecule has 3 heteroatoms. The number of fused-ring (bicyclic) bond motifs is 1. The third kappa shape index (κ3) is 2.84. The lowest BCUT2D eigenvalue weighted by Gasteiger charge is -2.09. The van der Waals surface area contributed by atoms with E-state index in [0.29, 0.717) is 11.8 Å². The van der Waals surface area contributed by atoms with Crippen molar-refractivity contribution >= 4 is 23.2 Å². The molecule has 0 unspecified atom stereocenters. The largest absolute Gasteiger partial charge is 0.419 e. The van der Waals surface area contributed by atoms with E-state index in [1.165, 1.54) is 0 Å². The number of aryl methyl sites for hydroxylation is 1. The third-order valence-electron chi connectivity index (χ3n) is 3.81. The van der Waals surface area contributed by atoms with Gasteiger partial charge in [0.25, 0.3) is 0 Å². The van der Waals surface area contributed by atoms with E-state index in [0.717, 1.165) is 28.1 Å². The van der Waals surface area contributed by atoms with E-state index < -0.39 is 0 Å². The molecule has 3 aromatic rings. The van der Waals surface area contributed by atoms with Crippen molar-refractivity contribution in [1.82, 2.24) is 0 Å². The smallest absolute Gasteiger partial charge is 0.229 e. The van der Waals surface area contributed by atoms with Crippen LogP contribution in [-0.2, 0) is 4.74 Å². The Kier molecular flexibility index (Phi) is 3.67. The van der Waals surface area contributed by atoms with Gasteiger partial charge in [-0.15, -0.1) is 0 Å². The molecule has 4 rings (SSSR count). The Morgan fingerprint density at radius 3 is 1.75 bits per heavy atom. The van der Waals surface area contributed by atoms with Gasteiger partial charge in [0.1, 0.15) is 0 Å². The zero-order chi connectivity index (χ0) is 16.4. The highest BCUT2D eigenvalue weighted by Crippen LogP contribution is 2.33. The van der Waals surface area contributed by atoms with Crippen molar-refractivity contribution in [3.8, 4) is 0 Å². The van der Waals surface area contributed by atoms with Crippen LogP contribution in [0.1, 0.15) is 16.7 Å². The van der Waals surface area contributed by atoms with Crippen molar-refractivity contribution in [3.05, 3.63) is 95.6 Å². The van der Waals surface area contributed by atoms with Crippen molar-refractivity contribution in [3.63, 3.8) is 0 Å². The summed E-state index contributed by atoms with van der Waals surface area (Å²) < 4.78 is 6.11. The Bertz CT molecular complexity index is 929. The van der Waals surface area contributed by atoms with Crippen LogP contribution >= 0.6 is 0 Å². The van der Waals surface area contributed by atoms with Crippen LogP contribution in [0.25, 0.3) is 0 Å². The first-order chi connectivity index (χ1) is 11.8. The van der Waals surface area contributed by atoms with Crippen LogP contribution in [0.3, 0.4) is 0 Å². The molecule has 24 heavy (non-hydrogen) atoms. The Labute approximate surface area is 141 Å². The van der Waals surface area contributed by atoms with Gasteiger partial charge in [0, 0.05) is 11.1 Å². The van der Waals surface area contributed by atoms with Crippen molar-refractivity contribution in [1.29, 1.82) is 0 Å². The molecule has 1 aliphatic rings. The second-order valence-electron chi connectivity index (χ2n) is 5.66. The molecule has 0 radical (unpaired) electrons. The molecule has 1 heterocycles. The van der Waals surface area contributed by atoms with Crippen molar-refractivity contribution in [2.45, 2.75) is 6.92 Å². The number of hydrogen-bond donors (Lipinski definition) is 0. The normalized spacial score (nSPS) is 13.2. The minimum atomic E-state index is 0.556. The highest BCUT2D eigenvalue weighted by molar-refractivity contribution is 6.10. The Balaban J connectivity index is 1.89. The SMILES string of the molecule is Cc1ccc2c(c1)N=C(c1ccccc1)OC(c1ccccc1)=N2. The zero-order valence-corrected chi connectivity index (χ0v) is 13.3. The number of benzene rings is 3. The highest BCUT2D eigenvalue weighted by Gasteiger charge is 2.17. The van der Waals surface area contributed by atoms with Gasteiger partial charge < -0.3 is 4.74 Å². The Morgan fingerprint density at radius 1 is 0.625 bits per heavy atom. The summed E-state index contributed by atoms with van der Waals surface area (Å²) >= 11 is 0. The fourth-order valence-corrected chi connectivity index (χ4v) is 2.58. The van der Waals surface area contributed by atoms with Gasteiger partial charge in [0.2, 0.25) is 11.8 Å². The quantitative estimate of drug-likeness (QED) is 0.642. The molecule has 0 atom stereocenters. The van der Waals surface area contributed by atoms with Gasteiger partial charge in [-0.2, -0.15) is 0 Å². The van der Waals surface area contributed by atoms with Crippen LogP contribution in [0, 0.1) is 6.92 Å². The van der Waals surface area contributed by atoms with Gasteiger partial charge in [0.05, 0.1) is 11.4 Å². The summed E-state index contributed by atoms with van der Waals surface area (Å²) in [6.07, 6.45) is 0. The lowest BCUT2D eigenvalue weighted by molar-refractivity contribution is 0.551. The standard InChI is InChI=1S/C21H16N2O/c1-15-12-13-18-19(14-15)23-21(17-10-6-3-7-11-17)24-20(22-18)16-8-4-2-5-9-16/h2-14H,1H3. The maximum absolute atomic E-state index is 6.11. The molecule has 3 aromatic carbocycles. The van der Waals surface area contributed by atoms with Crippen LogP contribution in [-0.4, -0.2) is 11.8 Å². The highest BCUT2D eigenvalue weighted by atomic mass is 16.5. The van der Waals surface area contributed by atoms with E-state index in [1.807, 2.05) is 85.8 Å². The Hall–Kier alpha value is -3.20. The molecule has 0 saturated carbocycles. The molecule has 0 aromatic heterocycles. The summed E-state index contributed by atoms with van der Waals surface area (Å²) in [7, 11) is 0. The molecule has 0 N–H and O–H groups in total. The first-order valence-electron chi connectivity index (χ1n) is 7.86. The summed E-state index contributed by atoms with van der Waals surface area (Å²) in [6, 6.07) is 25.8. The molecular formula is C21H16N2O. The lowest BCUT2D eigenvalue weighted by atomic mass is 10.2. The molecule has 3 nitrogen and oxygen atoms in total. The predicted octanol–water partition coefficient (Wildman–Crippen LogP) is 5.18. The molecular weight excluding hydrogens is 296 g/mol. The fraction of sp³-hybridized carbons (Fsp3) is 0.0476. The van der Waals surface area contributed by atoms with Gasteiger partial charge in [-0.3, -0.25) is 0 Å². The zero-order valence-electron chi connectivity index (χ0n) is 13.3. The number of rotatable bonds is 2. The second kappa shape index (κ2) is 6.13. The van der Waals surface area contributed by atoms with Crippen LogP contribution in [0.15, 0.2) is 88.8 Å². The molecule has 0 amide bonds. The number of hydrogen-bond acceptors (Lipinski definition) is 3. The second-order valence-corrected chi connectivity index (χ2v) is 5.66. The van der Waals surface area contributed by atoms with E-state index in [1.54, 1.807) is 0 Å². The third-order valence-corrected chi connectivity index (χ3v) is 3.81. The van der Waals surface area contributed by atoms with E-state index >= 15 is 0 Å². The molecule has 0 saturated heterocycles. The van der Waals surface area contributed by atoms with Gasteiger partial charge in [0.15, 0.2) is 0 Å². The van der Waals surface area contributed by atoms with E-state index in [9.17, 15) is 0 Å². The number of aliphatic imine (C=N–C) groups is 2. The minimum Gasteiger partial charge on any atom is -0.419 e. The summed E-state index contributed by atoms with van der Waals surface area (Å²) in [5.41, 5.74) is 4.62. The van der Waals surface area contributed by atoms with Crippen LogP contribution in [0.5, 0.6) is 0 Å². The summed E-state index contributed by atoms with van der Waals surface area (Å²) in [5, 5.41) is 0. The molecule has 0 fully saturated rings. The van der Waals surface area contributed by atoms with Crippen LogP contribution < -0.4 is 0 Å². The average molecular weight is 312 g/mol. The molecule has 1 aliphatic heterocycles. The summed E-state index contributed by atoms with van der Waals surface area (Å²) in [6.45, 7) is 2.05. The molecule has 0 bridgehead atoms. The van der Waals surface area contributed by atoms with E-state index in [-0.39, 0.29) is 0 Å². The van der Waals surface area contributed by atoms with Gasteiger partial charge in [-0.1, -0.05) is 42.5 Å². The van der Waals surface area contributed by atoms with Crippen molar-refractivity contribution in [2.24, 2.45) is 9.98 Å². The summed E-state index contributed by atoms with van der Waals surface area (Å²) in [5.74, 6) is 1.11. The molecule has 0 aliphatic carbocycles. The molecule has 116 valence electrons. The minimum absolute atomic E-state index is 0.556. The van der Waals surface area contributed by atoms with E-state index in [4.69, 9.17) is 14.7 Å². The first kappa shape index (κ1) is 14.4.